The zero-order valence-corrected chi connectivity index (χ0v) is 11.4. The van der Waals surface area contributed by atoms with Crippen molar-refractivity contribution in [3.05, 3.63) is 0 Å². The Hall–Kier alpha value is -0.0800. The number of likely N-dealkylation sites (tertiary alicyclic amines) is 1. The number of rotatable bonds is 1. The van der Waals surface area contributed by atoms with Crippen molar-refractivity contribution < 1.29 is 0 Å². The molecule has 2 saturated heterocycles. The van der Waals surface area contributed by atoms with Crippen LogP contribution in [0, 0.1) is 11.8 Å². The summed E-state index contributed by atoms with van der Waals surface area (Å²) < 4.78 is 0. The van der Waals surface area contributed by atoms with Gasteiger partial charge in [-0.3, -0.25) is 0 Å². The predicted octanol–water partition coefficient (Wildman–Crippen LogP) is 2.49. The lowest BCUT2D eigenvalue weighted by atomic mass is 9.69. The molecule has 2 rings (SSSR count). The van der Waals surface area contributed by atoms with Crippen LogP contribution in [0.15, 0.2) is 0 Å². The van der Waals surface area contributed by atoms with Crippen LogP contribution in [0.4, 0.5) is 0 Å². The Kier molecular flexibility index (Phi) is 3.60. The Balaban J connectivity index is 2.05. The lowest BCUT2D eigenvalue weighted by Crippen LogP contribution is -2.58. The minimum atomic E-state index is 0.363. The van der Waals surface area contributed by atoms with E-state index in [2.05, 4.69) is 38.0 Å². The molecular weight excluding hydrogens is 196 g/mol. The van der Waals surface area contributed by atoms with Crippen molar-refractivity contribution in [1.29, 1.82) is 0 Å². The van der Waals surface area contributed by atoms with Gasteiger partial charge in [0, 0.05) is 11.6 Å². The van der Waals surface area contributed by atoms with E-state index in [4.69, 9.17) is 0 Å². The summed E-state index contributed by atoms with van der Waals surface area (Å²) in [7, 11) is 2.28. The van der Waals surface area contributed by atoms with Crippen LogP contribution < -0.4 is 5.32 Å². The number of nitrogens with one attached hydrogen (secondary N) is 1. The fraction of sp³-hybridized carbons (Fsp3) is 1.00. The van der Waals surface area contributed by atoms with Gasteiger partial charge in [-0.25, -0.2) is 0 Å². The van der Waals surface area contributed by atoms with Crippen LogP contribution in [-0.2, 0) is 0 Å². The highest BCUT2D eigenvalue weighted by Gasteiger charge is 2.42. The maximum absolute atomic E-state index is 3.75. The second-order valence-electron chi connectivity index (χ2n) is 6.37. The molecule has 0 saturated carbocycles. The number of hydrogen-bond donors (Lipinski definition) is 1. The number of hydrogen-bond acceptors (Lipinski definition) is 2. The molecule has 2 fully saturated rings. The maximum Gasteiger partial charge on any atom is 0.0178 e. The predicted molar refractivity (Wildman–Crippen MR) is 69.6 cm³/mol. The Morgan fingerprint density at radius 2 is 1.94 bits per heavy atom. The summed E-state index contributed by atoms with van der Waals surface area (Å²) in [6, 6.07) is 0.789. The second-order valence-corrected chi connectivity index (χ2v) is 6.37. The van der Waals surface area contributed by atoms with Gasteiger partial charge in [0.2, 0.25) is 0 Å². The van der Waals surface area contributed by atoms with E-state index in [0.29, 0.717) is 5.54 Å². The van der Waals surface area contributed by atoms with Gasteiger partial charge < -0.3 is 10.2 Å². The summed E-state index contributed by atoms with van der Waals surface area (Å²) in [6.45, 7) is 9.78. The minimum Gasteiger partial charge on any atom is -0.314 e. The van der Waals surface area contributed by atoms with Crippen LogP contribution in [0.2, 0.25) is 0 Å². The number of piperidine rings is 2. The van der Waals surface area contributed by atoms with Crippen molar-refractivity contribution in [3.8, 4) is 0 Å². The molecule has 2 aliphatic heterocycles. The van der Waals surface area contributed by atoms with Gasteiger partial charge in [0.1, 0.15) is 0 Å². The third-order valence-electron chi connectivity index (χ3n) is 5.40. The van der Waals surface area contributed by atoms with Gasteiger partial charge in [-0.1, -0.05) is 13.3 Å². The molecular formula is C14H28N2. The highest BCUT2D eigenvalue weighted by molar-refractivity contribution is 4.97. The summed E-state index contributed by atoms with van der Waals surface area (Å²) >= 11 is 0. The van der Waals surface area contributed by atoms with Crippen molar-refractivity contribution in [2.75, 3.05) is 20.1 Å². The van der Waals surface area contributed by atoms with Crippen LogP contribution in [-0.4, -0.2) is 36.6 Å². The van der Waals surface area contributed by atoms with Gasteiger partial charge >= 0.3 is 0 Å². The molecule has 2 nitrogen and oxygen atoms in total. The second kappa shape index (κ2) is 4.66. The average Bonchev–Trinajstić information content (AvgIpc) is 2.28. The van der Waals surface area contributed by atoms with Crippen LogP contribution in [0.5, 0.6) is 0 Å². The normalized spacial score (nSPS) is 40.9. The van der Waals surface area contributed by atoms with Crippen molar-refractivity contribution >= 4 is 0 Å². The lowest BCUT2D eigenvalue weighted by molar-refractivity contribution is -0.00417. The lowest BCUT2D eigenvalue weighted by Gasteiger charge is -2.51. The highest BCUT2D eigenvalue weighted by atomic mass is 15.2. The molecule has 3 atom stereocenters. The SMILES string of the molecule is CC1C(C2CCCCN2)CCN(C)C1(C)C. The molecule has 2 aliphatic rings. The summed E-state index contributed by atoms with van der Waals surface area (Å²) in [6.07, 6.45) is 5.58. The van der Waals surface area contributed by atoms with E-state index < -0.39 is 0 Å². The molecule has 0 amide bonds. The topological polar surface area (TPSA) is 15.3 Å². The molecule has 0 aromatic carbocycles. The first-order valence-corrected chi connectivity index (χ1v) is 6.98. The van der Waals surface area contributed by atoms with Gasteiger partial charge in [0.05, 0.1) is 0 Å². The maximum atomic E-state index is 3.75. The van der Waals surface area contributed by atoms with Crippen LogP contribution in [0.25, 0.3) is 0 Å². The van der Waals surface area contributed by atoms with Crippen LogP contribution in [0.3, 0.4) is 0 Å². The van der Waals surface area contributed by atoms with Crippen molar-refractivity contribution in [1.82, 2.24) is 10.2 Å². The Labute approximate surface area is 101 Å². The Morgan fingerprint density at radius 3 is 2.56 bits per heavy atom. The Morgan fingerprint density at radius 1 is 1.19 bits per heavy atom. The molecule has 0 spiro atoms. The van der Waals surface area contributed by atoms with E-state index in [-0.39, 0.29) is 0 Å². The van der Waals surface area contributed by atoms with Crippen molar-refractivity contribution in [3.63, 3.8) is 0 Å². The monoisotopic (exact) mass is 224 g/mol. The molecule has 0 aromatic rings. The van der Waals surface area contributed by atoms with Gasteiger partial charge in [-0.05, 0) is 65.1 Å². The molecule has 1 N–H and O–H groups in total. The largest absolute Gasteiger partial charge is 0.314 e. The van der Waals surface area contributed by atoms with Gasteiger partial charge in [-0.15, -0.1) is 0 Å². The van der Waals surface area contributed by atoms with E-state index in [1.165, 1.54) is 38.8 Å². The van der Waals surface area contributed by atoms with E-state index in [1.54, 1.807) is 0 Å². The summed E-state index contributed by atoms with van der Waals surface area (Å²) in [5, 5.41) is 3.75. The summed E-state index contributed by atoms with van der Waals surface area (Å²) in [5.74, 6) is 1.67. The smallest absolute Gasteiger partial charge is 0.0178 e. The molecule has 94 valence electrons. The van der Waals surface area contributed by atoms with Gasteiger partial charge in [0.15, 0.2) is 0 Å². The third-order valence-corrected chi connectivity index (χ3v) is 5.40. The van der Waals surface area contributed by atoms with Crippen molar-refractivity contribution in [2.45, 2.75) is 58.0 Å². The van der Waals surface area contributed by atoms with Gasteiger partial charge in [-0.2, -0.15) is 0 Å². The molecule has 16 heavy (non-hydrogen) atoms. The molecule has 0 radical (unpaired) electrons. The zero-order chi connectivity index (χ0) is 11.8. The van der Waals surface area contributed by atoms with E-state index in [0.717, 1.165) is 17.9 Å². The molecule has 0 aromatic heterocycles. The standard InChI is InChI=1S/C14H28N2/c1-11-12(13-7-5-6-9-15-13)8-10-16(4)14(11,2)3/h11-13,15H,5-10H2,1-4H3. The summed E-state index contributed by atoms with van der Waals surface area (Å²) in [5.41, 5.74) is 0.363. The Bertz CT molecular complexity index is 231. The van der Waals surface area contributed by atoms with Gasteiger partial charge in [0.25, 0.3) is 0 Å². The van der Waals surface area contributed by atoms with Crippen LogP contribution in [0.1, 0.15) is 46.5 Å². The van der Waals surface area contributed by atoms with E-state index in [1.807, 2.05) is 0 Å². The minimum absolute atomic E-state index is 0.363. The zero-order valence-electron chi connectivity index (χ0n) is 11.4. The van der Waals surface area contributed by atoms with E-state index >= 15 is 0 Å². The molecule has 2 heteroatoms. The fourth-order valence-electron chi connectivity index (χ4n) is 3.55. The van der Waals surface area contributed by atoms with Crippen molar-refractivity contribution in [2.24, 2.45) is 11.8 Å². The van der Waals surface area contributed by atoms with E-state index in [9.17, 15) is 0 Å². The number of nitrogens with zero attached hydrogens (tertiary/aromatic N) is 1. The highest BCUT2D eigenvalue weighted by Crippen LogP contribution is 2.39. The fourth-order valence-corrected chi connectivity index (χ4v) is 3.55. The first kappa shape index (κ1) is 12.4. The molecule has 0 aliphatic carbocycles. The quantitative estimate of drug-likeness (QED) is 0.736. The average molecular weight is 224 g/mol. The third kappa shape index (κ3) is 2.14. The molecule has 0 bridgehead atoms. The first-order valence-electron chi connectivity index (χ1n) is 6.98. The van der Waals surface area contributed by atoms with Crippen LogP contribution >= 0.6 is 0 Å². The molecule has 3 unspecified atom stereocenters. The molecule has 2 heterocycles. The first-order chi connectivity index (χ1) is 7.53. The summed E-state index contributed by atoms with van der Waals surface area (Å²) in [4.78, 5) is 2.54.